The number of hydrogen-bond donors (Lipinski definition) is 0. The molecule has 0 radical (unpaired) electrons. The summed E-state index contributed by atoms with van der Waals surface area (Å²) in [6, 6.07) is 5.83. The van der Waals surface area contributed by atoms with Crippen molar-refractivity contribution in [2.45, 2.75) is 20.3 Å². The van der Waals surface area contributed by atoms with Crippen LogP contribution in [-0.2, 0) is 6.42 Å². The molecular formula is C13H16Br2Cl2. The van der Waals surface area contributed by atoms with E-state index < -0.39 is 0 Å². The number of halogens is 4. The van der Waals surface area contributed by atoms with Gasteiger partial charge in [-0.1, -0.05) is 81.0 Å². The molecule has 0 fully saturated rings. The van der Waals surface area contributed by atoms with Crippen LogP contribution in [0.2, 0.25) is 10.0 Å². The Labute approximate surface area is 130 Å². The zero-order valence-corrected chi connectivity index (χ0v) is 14.6. The molecule has 0 aliphatic heterocycles. The first kappa shape index (κ1) is 15.8. The van der Waals surface area contributed by atoms with Gasteiger partial charge < -0.3 is 0 Å². The molecule has 0 nitrogen and oxygen atoms in total. The van der Waals surface area contributed by atoms with Crippen molar-refractivity contribution in [2.75, 3.05) is 10.7 Å². The topological polar surface area (TPSA) is 0 Å². The van der Waals surface area contributed by atoms with Crippen LogP contribution < -0.4 is 0 Å². The second-order valence-electron chi connectivity index (χ2n) is 4.67. The van der Waals surface area contributed by atoms with Crippen LogP contribution in [-0.4, -0.2) is 10.7 Å². The predicted octanol–water partition coefficient (Wildman–Crippen LogP) is 5.97. The molecule has 0 heterocycles. The first-order valence-corrected chi connectivity index (χ1v) is 8.51. The van der Waals surface area contributed by atoms with Crippen LogP contribution in [0.4, 0.5) is 0 Å². The Balaban J connectivity index is 3.06. The summed E-state index contributed by atoms with van der Waals surface area (Å²) in [5, 5.41) is 3.18. The molecule has 0 aliphatic rings. The molecule has 96 valence electrons. The highest BCUT2D eigenvalue weighted by Gasteiger charge is 2.32. The van der Waals surface area contributed by atoms with Crippen molar-refractivity contribution in [1.82, 2.24) is 0 Å². The molecule has 0 amide bonds. The molecule has 0 spiro atoms. The van der Waals surface area contributed by atoms with Gasteiger partial charge in [0, 0.05) is 10.7 Å². The van der Waals surface area contributed by atoms with Crippen molar-refractivity contribution in [1.29, 1.82) is 0 Å². The molecule has 4 heteroatoms. The van der Waals surface area contributed by atoms with Crippen LogP contribution in [0.15, 0.2) is 18.2 Å². The first-order chi connectivity index (χ1) is 7.96. The Hall–Kier alpha value is 0.760. The monoisotopic (exact) mass is 400 g/mol. The molecule has 1 aromatic carbocycles. The van der Waals surface area contributed by atoms with Crippen molar-refractivity contribution in [3.8, 4) is 0 Å². The van der Waals surface area contributed by atoms with Gasteiger partial charge in [0.25, 0.3) is 0 Å². The zero-order valence-electron chi connectivity index (χ0n) is 9.94. The quantitative estimate of drug-likeness (QED) is 0.532. The lowest BCUT2D eigenvalue weighted by Gasteiger charge is -2.35. The summed E-state index contributed by atoms with van der Waals surface area (Å²) in [5.74, 6) is 0.552. The molecule has 1 aromatic rings. The molecule has 1 rings (SSSR count). The summed E-state index contributed by atoms with van der Waals surface area (Å²) in [5.41, 5.74) is 1.28. The molecule has 0 aromatic heterocycles. The van der Waals surface area contributed by atoms with Crippen molar-refractivity contribution >= 4 is 55.1 Å². The van der Waals surface area contributed by atoms with E-state index in [1.807, 2.05) is 12.1 Å². The van der Waals surface area contributed by atoms with E-state index >= 15 is 0 Å². The molecule has 0 aliphatic carbocycles. The zero-order chi connectivity index (χ0) is 13.1. The van der Waals surface area contributed by atoms with Gasteiger partial charge in [0.05, 0.1) is 10.0 Å². The Bertz CT molecular complexity index is 374. The average molecular weight is 403 g/mol. The van der Waals surface area contributed by atoms with Gasteiger partial charge in [-0.2, -0.15) is 0 Å². The molecule has 0 unspecified atom stereocenters. The van der Waals surface area contributed by atoms with Gasteiger partial charge in [0.15, 0.2) is 0 Å². The third kappa shape index (κ3) is 3.62. The Morgan fingerprint density at radius 1 is 1.18 bits per heavy atom. The van der Waals surface area contributed by atoms with E-state index in [0.29, 0.717) is 16.0 Å². The second kappa shape index (κ2) is 6.79. The summed E-state index contributed by atoms with van der Waals surface area (Å²) in [6.45, 7) is 4.47. The van der Waals surface area contributed by atoms with E-state index in [-0.39, 0.29) is 5.41 Å². The minimum absolute atomic E-state index is 0.161. The number of hydrogen-bond acceptors (Lipinski definition) is 0. The summed E-state index contributed by atoms with van der Waals surface area (Å²) in [4.78, 5) is 0. The van der Waals surface area contributed by atoms with Gasteiger partial charge in [-0.15, -0.1) is 0 Å². The Morgan fingerprint density at radius 3 is 2.24 bits per heavy atom. The maximum atomic E-state index is 6.26. The maximum absolute atomic E-state index is 6.26. The molecule has 17 heavy (non-hydrogen) atoms. The fourth-order valence-electron chi connectivity index (χ4n) is 1.71. The van der Waals surface area contributed by atoms with Crippen LogP contribution in [0, 0.1) is 11.3 Å². The number of benzene rings is 1. The number of alkyl halides is 2. The Kier molecular flexibility index (Phi) is 6.32. The van der Waals surface area contributed by atoms with Crippen molar-refractivity contribution in [3.05, 3.63) is 33.8 Å². The van der Waals surface area contributed by atoms with Crippen LogP contribution in [0.25, 0.3) is 0 Å². The van der Waals surface area contributed by atoms with Gasteiger partial charge in [0.2, 0.25) is 0 Å². The molecular weight excluding hydrogens is 387 g/mol. The third-order valence-electron chi connectivity index (χ3n) is 3.33. The minimum Gasteiger partial charge on any atom is -0.0921 e. The lowest BCUT2D eigenvalue weighted by molar-refractivity contribution is 0.268. The van der Waals surface area contributed by atoms with Crippen LogP contribution in [0.1, 0.15) is 19.4 Å². The number of rotatable bonds is 5. The van der Waals surface area contributed by atoms with E-state index in [2.05, 4.69) is 51.8 Å². The van der Waals surface area contributed by atoms with Crippen LogP contribution in [0.3, 0.4) is 0 Å². The second-order valence-corrected chi connectivity index (χ2v) is 6.58. The maximum Gasteiger partial charge on any atom is 0.0624 e. The average Bonchev–Trinajstić information content (AvgIpc) is 2.31. The predicted molar refractivity (Wildman–Crippen MR) is 85.0 cm³/mol. The van der Waals surface area contributed by atoms with Gasteiger partial charge in [-0.25, -0.2) is 0 Å². The van der Waals surface area contributed by atoms with E-state index in [4.69, 9.17) is 23.2 Å². The van der Waals surface area contributed by atoms with Crippen LogP contribution >= 0.6 is 55.1 Å². The standard InChI is InChI=1S/C13H16Br2Cl2/c1-9(2)13(7-14,8-15)6-10-4-3-5-11(16)12(10)17/h3-5,9H,6-8H2,1-2H3. The van der Waals surface area contributed by atoms with Gasteiger partial charge in [-0.3, -0.25) is 0 Å². The van der Waals surface area contributed by atoms with Gasteiger partial charge in [0.1, 0.15) is 0 Å². The lowest BCUT2D eigenvalue weighted by atomic mass is 9.76. The summed E-state index contributed by atoms with van der Waals surface area (Å²) >= 11 is 19.6. The highest BCUT2D eigenvalue weighted by Crippen LogP contribution is 2.38. The molecule has 0 saturated heterocycles. The van der Waals surface area contributed by atoms with Crippen molar-refractivity contribution < 1.29 is 0 Å². The molecule has 0 atom stereocenters. The summed E-state index contributed by atoms with van der Waals surface area (Å²) in [6.07, 6.45) is 0.917. The van der Waals surface area contributed by atoms with E-state index in [0.717, 1.165) is 22.6 Å². The smallest absolute Gasteiger partial charge is 0.0624 e. The fourth-order valence-corrected chi connectivity index (χ4v) is 4.71. The molecule has 0 saturated carbocycles. The minimum atomic E-state index is 0.161. The van der Waals surface area contributed by atoms with Crippen molar-refractivity contribution in [2.24, 2.45) is 11.3 Å². The largest absolute Gasteiger partial charge is 0.0921 e. The highest BCUT2D eigenvalue weighted by molar-refractivity contribution is 9.09. The van der Waals surface area contributed by atoms with E-state index in [1.54, 1.807) is 0 Å². The molecule has 0 bridgehead atoms. The normalized spacial score (nSPS) is 12.2. The Morgan fingerprint density at radius 2 is 1.76 bits per heavy atom. The fraction of sp³-hybridized carbons (Fsp3) is 0.538. The van der Waals surface area contributed by atoms with Gasteiger partial charge >= 0.3 is 0 Å². The van der Waals surface area contributed by atoms with Crippen LogP contribution in [0.5, 0.6) is 0 Å². The SMILES string of the molecule is CC(C)C(CBr)(CBr)Cc1cccc(Cl)c1Cl. The third-order valence-corrected chi connectivity index (χ3v) is 6.42. The summed E-state index contributed by atoms with van der Waals surface area (Å²) < 4.78 is 0. The van der Waals surface area contributed by atoms with E-state index in [1.165, 1.54) is 0 Å². The highest BCUT2D eigenvalue weighted by atomic mass is 79.9. The van der Waals surface area contributed by atoms with E-state index in [9.17, 15) is 0 Å². The van der Waals surface area contributed by atoms with Crippen molar-refractivity contribution in [3.63, 3.8) is 0 Å². The molecule has 0 N–H and O–H groups in total. The van der Waals surface area contributed by atoms with Gasteiger partial charge in [-0.05, 0) is 29.4 Å². The first-order valence-electron chi connectivity index (χ1n) is 5.51. The lowest BCUT2D eigenvalue weighted by Crippen LogP contribution is -2.33. The summed E-state index contributed by atoms with van der Waals surface area (Å²) in [7, 11) is 0.